The summed E-state index contributed by atoms with van der Waals surface area (Å²) >= 11 is 0. The smallest absolute Gasteiger partial charge is 0.307 e. The number of carbonyl (C=O) groups excluding carboxylic acids is 1. The predicted octanol–water partition coefficient (Wildman–Crippen LogP) is 0.741. The molecule has 7 nitrogen and oxygen atoms in total. The van der Waals surface area contributed by atoms with Crippen LogP contribution in [-0.4, -0.2) is 27.1 Å². The van der Waals surface area contributed by atoms with Crippen LogP contribution in [0.25, 0.3) is 0 Å². The number of hydrogen-bond acceptors (Lipinski definition) is 5. The van der Waals surface area contributed by atoms with Gasteiger partial charge < -0.3 is 14.9 Å². The number of aliphatic carboxylic acids is 1. The third-order valence-electron chi connectivity index (χ3n) is 3.44. The standard InChI is InChI=1S/C12H17N3O4/c1-6-3-8(9(4-6)12(17)18)11(16)13-5-10-14-7(2)19-15-10/h6,8-9H,3-5H2,1-2H3,(H,13,16)(H,17,18). The van der Waals surface area contributed by atoms with E-state index < -0.39 is 17.8 Å². The van der Waals surface area contributed by atoms with E-state index in [0.29, 0.717) is 24.6 Å². The molecular weight excluding hydrogens is 250 g/mol. The Morgan fingerprint density at radius 1 is 1.42 bits per heavy atom. The first kappa shape index (κ1) is 13.5. The van der Waals surface area contributed by atoms with Crippen LogP contribution in [0, 0.1) is 24.7 Å². The van der Waals surface area contributed by atoms with Crippen LogP contribution < -0.4 is 5.32 Å². The Morgan fingerprint density at radius 2 is 2.11 bits per heavy atom. The summed E-state index contributed by atoms with van der Waals surface area (Å²) in [5.41, 5.74) is 0. The van der Waals surface area contributed by atoms with Crippen molar-refractivity contribution in [3.63, 3.8) is 0 Å². The van der Waals surface area contributed by atoms with Crippen LogP contribution in [0.4, 0.5) is 0 Å². The molecule has 0 radical (unpaired) electrons. The zero-order valence-electron chi connectivity index (χ0n) is 10.9. The Bertz CT molecular complexity index is 485. The van der Waals surface area contributed by atoms with Crippen molar-refractivity contribution in [2.45, 2.75) is 33.2 Å². The molecular formula is C12H17N3O4. The van der Waals surface area contributed by atoms with Crippen molar-refractivity contribution >= 4 is 11.9 Å². The molecule has 1 fully saturated rings. The Labute approximate surface area is 110 Å². The van der Waals surface area contributed by atoms with E-state index in [1.165, 1.54) is 0 Å². The molecule has 0 aliphatic heterocycles. The summed E-state index contributed by atoms with van der Waals surface area (Å²) in [6.45, 7) is 3.79. The van der Waals surface area contributed by atoms with E-state index in [9.17, 15) is 9.59 Å². The molecule has 3 unspecified atom stereocenters. The molecule has 3 atom stereocenters. The number of aromatic nitrogens is 2. The van der Waals surface area contributed by atoms with Crippen molar-refractivity contribution in [3.05, 3.63) is 11.7 Å². The van der Waals surface area contributed by atoms with Crippen molar-refractivity contribution in [2.24, 2.45) is 17.8 Å². The molecule has 1 aromatic heterocycles. The van der Waals surface area contributed by atoms with Crippen molar-refractivity contribution in [3.8, 4) is 0 Å². The van der Waals surface area contributed by atoms with Crippen LogP contribution in [0.1, 0.15) is 31.5 Å². The monoisotopic (exact) mass is 267 g/mol. The fraction of sp³-hybridized carbons (Fsp3) is 0.667. The number of nitrogens with zero attached hydrogens (tertiary/aromatic N) is 2. The molecule has 7 heteroatoms. The average Bonchev–Trinajstić information content (AvgIpc) is 2.92. The number of carboxylic acid groups (broad SMARTS) is 1. The molecule has 0 spiro atoms. The SMILES string of the molecule is Cc1nc(CNC(=O)C2CC(C)CC2C(=O)O)no1. The summed E-state index contributed by atoms with van der Waals surface area (Å²) in [7, 11) is 0. The number of hydrogen-bond donors (Lipinski definition) is 2. The Kier molecular flexibility index (Phi) is 3.82. The highest BCUT2D eigenvalue weighted by atomic mass is 16.5. The Morgan fingerprint density at radius 3 is 2.68 bits per heavy atom. The molecule has 1 aliphatic carbocycles. The number of carbonyl (C=O) groups is 2. The van der Waals surface area contributed by atoms with Gasteiger partial charge in [-0.25, -0.2) is 0 Å². The topological polar surface area (TPSA) is 105 Å². The third-order valence-corrected chi connectivity index (χ3v) is 3.44. The highest BCUT2D eigenvalue weighted by molar-refractivity contribution is 5.85. The van der Waals surface area contributed by atoms with Crippen LogP contribution in [-0.2, 0) is 16.1 Å². The molecule has 1 aliphatic rings. The quantitative estimate of drug-likeness (QED) is 0.833. The maximum absolute atomic E-state index is 12.0. The Hall–Kier alpha value is -1.92. The van der Waals surface area contributed by atoms with E-state index in [4.69, 9.17) is 9.63 Å². The highest BCUT2D eigenvalue weighted by Gasteiger charge is 2.41. The third kappa shape index (κ3) is 3.10. The molecule has 2 N–H and O–H groups in total. The van der Waals surface area contributed by atoms with Crippen LogP contribution in [0.3, 0.4) is 0 Å². The van der Waals surface area contributed by atoms with E-state index >= 15 is 0 Å². The summed E-state index contributed by atoms with van der Waals surface area (Å²) in [5, 5.41) is 15.5. The summed E-state index contributed by atoms with van der Waals surface area (Å²) in [6.07, 6.45) is 1.16. The van der Waals surface area contributed by atoms with Gasteiger partial charge in [0.25, 0.3) is 0 Å². The first-order chi connectivity index (χ1) is 8.97. The molecule has 1 amide bonds. The van der Waals surface area contributed by atoms with Gasteiger partial charge in [-0.3, -0.25) is 9.59 Å². The maximum Gasteiger partial charge on any atom is 0.307 e. The predicted molar refractivity (Wildman–Crippen MR) is 63.9 cm³/mol. The Balaban J connectivity index is 1.93. The van der Waals surface area contributed by atoms with Gasteiger partial charge in [0.15, 0.2) is 5.82 Å². The summed E-state index contributed by atoms with van der Waals surface area (Å²) in [5.74, 6) is -1.14. The van der Waals surface area contributed by atoms with Crippen LogP contribution in [0.2, 0.25) is 0 Å². The van der Waals surface area contributed by atoms with E-state index in [1.807, 2.05) is 6.92 Å². The average molecular weight is 267 g/mol. The molecule has 2 rings (SSSR count). The lowest BCUT2D eigenvalue weighted by atomic mass is 9.95. The van der Waals surface area contributed by atoms with E-state index in [1.54, 1.807) is 6.92 Å². The minimum Gasteiger partial charge on any atom is -0.481 e. The van der Waals surface area contributed by atoms with Gasteiger partial charge in [-0.2, -0.15) is 4.98 Å². The summed E-state index contributed by atoms with van der Waals surface area (Å²) in [4.78, 5) is 27.1. The van der Waals surface area contributed by atoms with Crippen LogP contribution in [0.5, 0.6) is 0 Å². The number of rotatable bonds is 4. The first-order valence-corrected chi connectivity index (χ1v) is 6.27. The zero-order chi connectivity index (χ0) is 14.0. The molecule has 1 saturated carbocycles. The number of aryl methyl sites for hydroxylation is 1. The fourth-order valence-electron chi connectivity index (χ4n) is 2.56. The second-order valence-electron chi connectivity index (χ2n) is 5.08. The minimum atomic E-state index is -0.903. The number of amides is 1. The summed E-state index contributed by atoms with van der Waals surface area (Å²) < 4.78 is 4.79. The zero-order valence-corrected chi connectivity index (χ0v) is 10.9. The first-order valence-electron chi connectivity index (χ1n) is 6.27. The number of carboxylic acids is 1. The maximum atomic E-state index is 12.0. The highest BCUT2D eigenvalue weighted by Crippen LogP contribution is 2.36. The van der Waals surface area contributed by atoms with Gasteiger partial charge in [0.05, 0.1) is 18.4 Å². The van der Waals surface area contributed by atoms with E-state index in [2.05, 4.69) is 15.5 Å². The van der Waals surface area contributed by atoms with Crippen LogP contribution >= 0.6 is 0 Å². The van der Waals surface area contributed by atoms with Crippen molar-refractivity contribution in [2.75, 3.05) is 0 Å². The lowest BCUT2D eigenvalue weighted by Gasteiger charge is -2.14. The van der Waals surface area contributed by atoms with Crippen molar-refractivity contribution in [1.82, 2.24) is 15.5 Å². The van der Waals surface area contributed by atoms with Crippen molar-refractivity contribution in [1.29, 1.82) is 0 Å². The van der Waals surface area contributed by atoms with Gasteiger partial charge in [-0.05, 0) is 18.8 Å². The normalized spacial score (nSPS) is 26.3. The largest absolute Gasteiger partial charge is 0.481 e. The second-order valence-corrected chi connectivity index (χ2v) is 5.08. The van der Waals surface area contributed by atoms with E-state index in [0.717, 1.165) is 0 Å². The molecule has 0 aromatic carbocycles. The number of nitrogens with one attached hydrogen (secondary N) is 1. The van der Waals surface area contributed by atoms with Gasteiger partial charge in [0.2, 0.25) is 11.8 Å². The van der Waals surface area contributed by atoms with E-state index in [-0.39, 0.29) is 18.4 Å². The molecule has 0 bridgehead atoms. The lowest BCUT2D eigenvalue weighted by Crippen LogP contribution is -2.35. The molecule has 1 aromatic rings. The molecule has 1 heterocycles. The molecule has 19 heavy (non-hydrogen) atoms. The minimum absolute atomic E-state index is 0.160. The van der Waals surface area contributed by atoms with Gasteiger partial charge in [-0.1, -0.05) is 12.1 Å². The lowest BCUT2D eigenvalue weighted by molar-refractivity contribution is -0.146. The van der Waals surface area contributed by atoms with Crippen LogP contribution in [0.15, 0.2) is 4.52 Å². The van der Waals surface area contributed by atoms with Gasteiger partial charge in [-0.15, -0.1) is 0 Å². The van der Waals surface area contributed by atoms with Gasteiger partial charge in [0.1, 0.15) is 0 Å². The summed E-state index contributed by atoms with van der Waals surface area (Å²) in [6, 6.07) is 0. The fourth-order valence-corrected chi connectivity index (χ4v) is 2.56. The molecule has 104 valence electrons. The van der Waals surface area contributed by atoms with Gasteiger partial charge >= 0.3 is 5.97 Å². The second kappa shape index (κ2) is 5.38. The van der Waals surface area contributed by atoms with Gasteiger partial charge in [0, 0.05) is 6.92 Å². The van der Waals surface area contributed by atoms with Crippen molar-refractivity contribution < 1.29 is 19.2 Å². The molecule has 0 saturated heterocycles.